The Morgan fingerprint density at radius 1 is 1.03 bits per heavy atom. The third-order valence-electron chi connectivity index (χ3n) is 4.34. The van der Waals surface area contributed by atoms with E-state index in [1.807, 2.05) is 37.3 Å². The molecule has 0 amide bonds. The van der Waals surface area contributed by atoms with Crippen LogP contribution in [0.3, 0.4) is 0 Å². The minimum atomic E-state index is -4.40. The lowest BCUT2D eigenvalue weighted by Gasteiger charge is -2.16. The number of anilines is 3. The quantitative estimate of drug-likeness (QED) is 0.417. The van der Waals surface area contributed by atoms with E-state index in [1.165, 1.54) is 6.07 Å². The standard InChI is InChI=1S/C21H20BrF3N4/c1-3-13(2)26-20-28-18(14-7-5-4-6-8-14)12-19(29-20)27-17-10-9-15(11-16(17)22)21(23,24)25/h4-13H,3H2,1-2H3,(H2,26,27,28,29)/t13-/m0/s1. The van der Waals surface area contributed by atoms with Crippen molar-refractivity contribution in [3.05, 3.63) is 64.6 Å². The number of nitrogens with one attached hydrogen (secondary N) is 2. The van der Waals surface area contributed by atoms with Crippen LogP contribution in [0.4, 0.5) is 30.6 Å². The van der Waals surface area contributed by atoms with Crippen LogP contribution in [0.25, 0.3) is 11.3 Å². The summed E-state index contributed by atoms with van der Waals surface area (Å²) in [6.45, 7) is 4.08. The Bertz CT molecular complexity index is 977. The van der Waals surface area contributed by atoms with E-state index in [0.717, 1.165) is 24.1 Å². The smallest absolute Gasteiger partial charge is 0.352 e. The van der Waals surface area contributed by atoms with E-state index in [2.05, 4.69) is 43.5 Å². The Kier molecular flexibility index (Phi) is 6.42. The van der Waals surface area contributed by atoms with Gasteiger partial charge in [0.2, 0.25) is 5.95 Å². The van der Waals surface area contributed by atoms with E-state index in [1.54, 1.807) is 6.07 Å². The summed E-state index contributed by atoms with van der Waals surface area (Å²) in [7, 11) is 0. The lowest BCUT2D eigenvalue weighted by atomic mass is 10.1. The fraction of sp³-hybridized carbons (Fsp3) is 0.238. The zero-order valence-electron chi connectivity index (χ0n) is 15.9. The van der Waals surface area contributed by atoms with Crippen LogP contribution in [0.5, 0.6) is 0 Å². The van der Waals surface area contributed by atoms with Crippen LogP contribution in [-0.4, -0.2) is 16.0 Å². The minimum absolute atomic E-state index is 0.173. The zero-order chi connectivity index (χ0) is 21.0. The number of nitrogens with zero attached hydrogens (tertiary/aromatic N) is 2. The van der Waals surface area contributed by atoms with Gasteiger partial charge in [-0.2, -0.15) is 18.2 Å². The van der Waals surface area contributed by atoms with E-state index in [-0.39, 0.29) is 6.04 Å². The van der Waals surface area contributed by atoms with Crippen molar-refractivity contribution >= 4 is 33.4 Å². The third-order valence-corrected chi connectivity index (χ3v) is 5.00. The summed E-state index contributed by atoms with van der Waals surface area (Å²) in [5, 5.41) is 6.34. The van der Waals surface area contributed by atoms with Crippen LogP contribution < -0.4 is 10.6 Å². The van der Waals surface area contributed by atoms with Gasteiger partial charge in [0.25, 0.3) is 0 Å². The molecular weight excluding hydrogens is 445 g/mol. The highest BCUT2D eigenvalue weighted by molar-refractivity contribution is 9.10. The number of benzene rings is 2. The molecule has 0 radical (unpaired) electrons. The number of halogens is 4. The van der Waals surface area contributed by atoms with Gasteiger partial charge in [0.1, 0.15) is 5.82 Å². The molecule has 0 aliphatic rings. The van der Waals surface area contributed by atoms with Gasteiger partial charge >= 0.3 is 6.18 Å². The van der Waals surface area contributed by atoms with Gasteiger partial charge < -0.3 is 10.6 Å². The van der Waals surface area contributed by atoms with Gasteiger partial charge in [-0.25, -0.2) is 4.98 Å². The maximum Gasteiger partial charge on any atom is 0.416 e. The first-order valence-electron chi connectivity index (χ1n) is 9.11. The maximum atomic E-state index is 12.9. The predicted octanol–water partition coefficient (Wildman–Crippen LogP) is 6.88. The summed E-state index contributed by atoms with van der Waals surface area (Å²) < 4.78 is 39.0. The van der Waals surface area contributed by atoms with Crippen molar-refractivity contribution < 1.29 is 13.2 Å². The molecule has 2 N–H and O–H groups in total. The Hall–Kier alpha value is -2.61. The molecule has 0 aliphatic carbocycles. The summed E-state index contributed by atoms with van der Waals surface area (Å²) in [5.41, 5.74) is 1.38. The van der Waals surface area contributed by atoms with Crippen molar-refractivity contribution in [1.29, 1.82) is 0 Å². The number of alkyl halides is 3. The second kappa shape index (κ2) is 8.82. The average Bonchev–Trinajstić information content (AvgIpc) is 2.69. The van der Waals surface area contributed by atoms with E-state index in [4.69, 9.17) is 0 Å². The fourth-order valence-corrected chi connectivity index (χ4v) is 3.06. The molecule has 4 nitrogen and oxygen atoms in total. The molecule has 2 aromatic carbocycles. The molecule has 0 saturated heterocycles. The molecule has 0 spiro atoms. The van der Waals surface area contributed by atoms with Crippen LogP contribution in [0.1, 0.15) is 25.8 Å². The summed E-state index contributed by atoms with van der Waals surface area (Å²) in [6.07, 6.45) is -3.50. The molecule has 0 fully saturated rings. The Labute approximate surface area is 175 Å². The summed E-state index contributed by atoms with van der Waals surface area (Å²) in [4.78, 5) is 9.06. The predicted molar refractivity (Wildman–Crippen MR) is 113 cm³/mol. The minimum Gasteiger partial charge on any atom is -0.352 e. The van der Waals surface area contributed by atoms with E-state index < -0.39 is 11.7 Å². The van der Waals surface area contributed by atoms with Gasteiger partial charge in [-0.3, -0.25) is 0 Å². The van der Waals surface area contributed by atoms with E-state index in [9.17, 15) is 13.2 Å². The number of aromatic nitrogens is 2. The van der Waals surface area contributed by atoms with Crippen LogP contribution in [0.15, 0.2) is 59.1 Å². The molecule has 152 valence electrons. The van der Waals surface area contributed by atoms with Gasteiger partial charge in [0.15, 0.2) is 0 Å². The maximum absolute atomic E-state index is 12.9. The largest absolute Gasteiger partial charge is 0.416 e. The molecule has 0 aliphatic heterocycles. The second-order valence-corrected chi connectivity index (χ2v) is 7.45. The molecule has 1 heterocycles. The average molecular weight is 465 g/mol. The number of hydrogen-bond donors (Lipinski definition) is 2. The van der Waals surface area contributed by atoms with E-state index in [0.29, 0.717) is 27.6 Å². The van der Waals surface area contributed by atoms with Crippen molar-refractivity contribution in [3.63, 3.8) is 0 Å². The highest BCUT2D eigenvalue weighted by Gasteiger charge is 2.30. The Balaban J connectivity index is 1.97. The topological polar surface area (TPSA) is 49.8 Å². The van der Waals surface area contributed by atoms with Crippen molar-refractivity contribution in [2.24, 2.45) is 0 Å². The summed E-state index contributed by atoms with van der Waals surface area (Å²) in [6, 6.07) is 15.0. The Morgan fingerprint density at radius 3 is 2.38 bits per heavy atom. The summed E-state index contributed by atoms with van der Waals surface area (Å²) >= 11 is 3.21. The first-order chi connectivity index (χ1) is 13.8. The van der Waals surface area contributed by atoms with Crippen LogP contribution >= 0.6 is 15.9 Å². The van der Waals surface area contributed by atoms with Crippen molar-refractivity contribution in [2.45, 2.75) is 32.5 Å². The lowest BCUT2D eigenvalue weighted by molar-refractivity contribution is -0.137. The molecule has 29 heavy (non-hydrogen) atoms. The molecule has 1 atom stereocenters. The van der Waals surface area contributed by atoms with Gasteiger partial charge in [-0.05, 0) is 47.5 Å². The monoisotopic (exact) mass is 464 g/mol. The van der Waals surface area contributed by atoms with Gasteiger partial charge in [-0.1, -0.05) is 37.3 Å². The van der Waals surface area contributed by atoms with Crippen LogP contribution in [-0.2, 0) is 6.18 Å². The fourth-order valence-electron chi connectivity index (χ4n) is 2.59. The molecule has 3 rings (SSSR count). The molecule has 1 aromatic heterocycles. The second-order valence-electron chi connectivity index (χ2n) is 6.60. The molecule has 0 saturated carbocycles. The molecule has 0 bridgehead atoms. The first kappa shape index (κ1) is 21.1. The van der Waals surface area contributed by atoms with Crippen LogP contribution in [0.2, 0.25) is 0 Å². The third kappa shape index (κ3) is 5.47. The van der Waals surface area contributed by atoms with Gasteiger partial charge in [0, 0.05) is 22.1 Å². The van der Waals surface area contributed by atoms with Gasteiger partial charge in [-0.15, -0.1) is 0 Å². The van der Waals surface area contributed by atoms with Crippen molar-refractivity contribution in [3.8, 4) is 11.3 Å². The van der Waals surface area contributed by atoms with E-state index >= 15 is 0 Å². The molecular formula is C21H20BrF3N4. The summed E-state index contributed by atoms with van der Waals surface area (Å²) in [5.74, 6) is 0.927. The highest BCUT2D eigenvalue weighted by Crippen LogP contribution is 2.35. The SMILES string of the molecule is CC[C@H](C)Nc1nc(Nc2ccc(C(F)(F)F)cc2Br)cc(-c2ccccc2)n1. The normalized spacial score (nSPS) is 12.5. The zero-order valence-corrected chi connectivity index (χ0v) is 17.5. The first-order valence-corrected chi connectivity index (χ1v) is 9.90. The van der Waals surface area contributed by atoms with Crippen LogP contribution in [0, 0.1) is 0 Å². The van der Waals surface area contributed by atoms with Gasteiger partial charge in [0.05, 0.1) is 16.9 Å². The molecule has 3 aromatic rings. The molecule has 8 heteroatoms. The molecule has 0 unspecified atom stereocenters. The lowest BCUT2D eigenvalue weighted by Crippen LogP contribution is -2.16. The highest BCUT2D eigenvalue weighted by atomic mass is 79.9. The number of rotatable bonds is 6. The number of hydrogen-bond acceptors (Lipinski definition) is 4. The Morgan fingerprint density at radius 2 is 1.76 bits per heavy atom. The van der Waals surface area contributed by atoms with Crippen molar-refractivity contribution in [2.75, 3.05) is 10.6 Å². The van der Waals surface area contributed by atoms with Crippen molar-refractivity contribution in [1.82, 2.24) is 9.97 Å².